The molecule has 148 valence electrons. The summed E-state index contributed by atoms with van der Waals surface area (Å²) in [4.78, 5) is 0. The Morgan fingerprint density at radius 1 is 1.22 bits per heavy atom. The van der Waals surface area contributed by atoms with Gasteiger partial charge < -0.3 is 4.74 Å². The minimum atomic E-state index is -3.46. The van der Waals surface area contributed by atoms with E-state index in [0.29, 0.717) is 5.92 Å². The molecule has 0 unspecified atom stereocenters. The molecule has 2 aromatic carbocycles. The van der Waals surface area contributed by atoms with Gasteiger partial charge in [0, 0.05) is 5.41 Å². The molecule has 5 heteroatoms. The second-order valence-electron chi connectivity index (χ2n) is 8.38. The molecule has 0 heterocycles. The van der Waals surface area contributed by atoms with E-state index < -0.39 is 10.1 Å². The average molecular weight is 391 g/mol. The lowest BCUT2D eigenvalue weighted by molar-refractivity contribution is 0.215. The maximum atomic E-state index is 11.6. The van der Waals surface area contributed by atoms with Crippen LogP contribution >= 0.6 is 0 Å². The molecule has 0 fully saturated rings. The zero-order valence-corrected chi connectivity index (χ0v) is 18.0. The maximum absolute atomic E-state index is 11.6. The van der Waals surface area contributed by atoms with E-state index in [1.807, 2.05) is 0 Å². The van der Waals surface area contributed by atoms with Crippen LogP contribution in [-0.2, 0) is 26.1 Å². The van der Waals surface area contributed by atoms with Crippen LogP contribution in [0.4, 0.5) is 0 Å². The Kier molecular flexibility index (Phi) is 5.30. The number of aryl methyl sites for hydroxylation is 1. The number of benzene rings is 2. The van der Waals surface area contributed by atoms with E-state index in [2.05, 4.69) is 45.9 Å². The van der Waals surface area contributed by atoms with Gasteiger partial charge in [-0.15, -0.1) is 0 Å². The summed E-state index contributed by atoms with van der Waals surface area (Å²) in [5, 5.41) is 2.39. The molecule has 0 saturated heterocycles. The van der Waals surface area contributed by atoms with Crippen LogP contribution in [0.3, 0.4) is 0 Å². The summed E-state index contributed by atoms with van der Waals surface area (Å²) >= 11 is 0. The maximum Gasteiger partial charge on any atom is 0.264 e. The minimum Gasteiger partial charge on any atom is -0.496 e. The molecular formula is C22H30O4S. The van der Waals surface area contributed by atoms with Crippen molar-refractivity contribution in [1.29, 1.82) is 0 Å². The lowest BCUT2D eigenvalue weighted by Crippen LogP contribution is -2.34. The molecule has 2 aromatic rings. The van der Waals surface area contributed by atoms with Gasteiger partial charge in [-0.3, -0.25) is 4.18 Å². The first-order chi connectivity index (χ1) is 12.6. The number of hydrogen-bond acceptors (Lipinski definition) is 4. The molecule has 4 nitrogen and oxygen atoms in total. The van der Waals surface area contributed by atoms with Crippen LogP contribution in [0, 0.1) is 6.92 Å². The molecule has 27 heavy (non-hydrogen) atoms. The SMILES string of the molecule is COc1cc2c(C)c3c(cc2cc1C(C)C)[C@](C)(COS(C)(=O)=O)CCC3. The average Bonchev–Trinajstić information content (AvgIpc) is 2.60. The summed E-state index contributed by atoms with van der Waals surface area (Å²) in [6, 6.07) is 6.62. The molecular weight excluding hydrogens is 360 g/mol. The van der Waals surface area contributed by atoms with Gasteiger partial charge >= 0.3 is 0 Å². The number of methoxy groups -OCH3 is 1. The highest BCUT2D eigenvalue weighted by atomic mass is 32.2. The summed E-state index contributed by atoms with van der Waals surface area (Å²) in [6.07, 6.45) is 4.09. The third-order valence-corrected chi connectivity index (χ3v) is 6.45. The summed E-state index contributed by atoms with van der Waals surface area (Å²) in [5.74, 6) is 1.29. The Labute approximate surface area is 163 Å². The zero-order valence-electron chi connectivity index (χ0n) is 17.2. The largest absolute Gasteiger partial charge is 0.496 e. The topological polar surface area (TPSA) is 52.6 Å². The summed E-state index contributed by atoms with van der Waals surface area (Å²) in [5.41, 5.74) is 4.71. The molecule has 0 spiro atoms. The van der Waals surface area contributed by atoms with E-state index in [-0.39, 0.29) is 12.0 Å². The van der Waals surface area contributed by atoms with Crippen LogP contribution in [0.2, 0.25) is 0 Å². The molecule has 0 aromatic heterocycles. The fourth-order valence-electron chi connectivity index (χ4n) is 4.33. The molecule has 3 rings (SSSR count). The van der Waals surface area contributed by atoms with Gasteiger partial charge in [0.15, 0.2) is 0 Å². The molecule has 0 radical (unpaired) electrons. The lowest BCUT2D eigenvalue weighted by atomic mass is 9.70. The molecule has 1 aliphatic rings. The van der Waals surface area contributed by atoms with Crippen molar-refractivity contribution in [3.8, 4) is 5.75 Å². The standard InChI is InChI=1S/C22H30O4S/c1-14(2)18-10-16-11-20-17(15(3)19(16)12-21(18)25-5)8-7-9-22(20,4)13-26-27(6,23)24/h10-12,14H,7-9,13H2,1-6H3/t22-/m0/s1. The summed E-state index contributed by atoms with van der Waals surface area (Å²) in [7, 11) is -1.74. The van der Waals surface area contributed by atoms with Gasteiger partial charge in [-0.2, -0.15) is 8.42 Å². The van der Waals surface area contributed by atoms with Crippen molar-refractivity contribution in [3.05, 3.63) is 40.5 Å². The van der Waals surface area contributed by atoms with Gasteiger partial charge in [0.2, 0.25) is 0 Å². The molecule has 0 saturated carbocycles. The quantitative estimate of drug-likeness (QED) is 0.685. The van der Waals surface area contributed by atoms with E-state index in [1.165, 1.54) is 33.0 Å². The minimum absolute atomic E-state index is 0.191. The van der Waals surface area contributed by atoms with Crippen molar-refractivity contribution >= 4 is 20.9 Å². The molecule has 0 bridgehead atoms. The second kappa shape index (κ2) is 7.10. The number of fused-ring (bicyclic) bond motifs is 2. The highest BCUT2D eigenvalue weighted by molar-refractivity contribution is 7.85. The Hall–Kier alpha value is -1.59. The van der Waals surface area contributed by atoms with Crippen molar-refractivity contribution in [2.45, 2.75) is 58.3 Å². The first kappa shape index (κ1) is 20.2. The molecule has 1 aliphatic carbocycles. The summed E-state index contributed by atoms with van der Waals surface area (Å²) < 4.78 is 34.0. The van der Waals surface area contributed by atoms with Crippen LogP contribution < -0.4 is 4.74 Å². The monoisotopic (exact) mass is 390 g/mol. The van der Waals surface area contributed by atoms with Gasteiger partial charge in [0.25, 0.3) is 10.1 Å². The normalized spacial score (nSPS) is 20.1. The van der Waals surface area contributed by atoms with E-state index in [4.69, 9.17) is 8.92 Å². The van der Waals surface area contributed by atoms with Crippen molar-refractivity contribution in [3.63, 3.8) is 0 Å². The number of rotatable bonds is 5. The van der Waals surface area contributed by atoms with Crippen molar-refractivity contribution in [2.75, 3.05) is 20.0 Å². The highest BCUT2D eigenvalue weighted by Gasteiger charge is 2.35. The molecule has 1 atom stereocenters. The van der Waals surface area contributed by atoms with E-state index in [1.54, 1.807) is 7.11 Å². The Morgan fingerprint density at radius 3 is 2.52 bits per heavy atom. The Balaban J connectivity index is 2.20. The second-order valence-corrected chi connectivity index (χ2v) is 10.0. The van der Waals surface area contributed by atoms with E-state index >= 15 is 0 Å². The van der Waals surface area contributed by atoms with Crippen molar-refractivity contribution < 1.29 is 17.3 Å². The smallest absolute Gasteiger partial charge is 0.264 e. The van der Waals surface area contributed by atoms with Crippen LogP contribution in [0.15, 0.2) is 18.2 Å². The van der Waals surface area contributed by atoms with Crippen molar-refractivity contribution in [1.82, 2.24) is 0 Å². The van der Waals surface area contributed by atoms with Gasteiger partial charge in [-0.05, 0) is 77.3 Å². The van der Waals surface area contributed by atoms with Crippen LogP contribution in [-0.4, -0.2) is 28.4 Å². The predicted molar refractivity (Wildman–Crippen MR) is 110 cm³/mol. The van der Waals surface area contributed by atoms with Gasteiger partial charge in [-0.25, -0.2) is 0 Å². The van der Waals surface area contributed by atoms with E-state index in [9.17, 15) is 8.42 Å². The fourth-order valence-corrected chi connectivity index (χ4v) is 4.81. The molecule has 0 amide bonds. The third-order valence-electron chi connectivity index (χ3n) is 5.90. The van der Waals surface area contributed by atoms with Crippen LogP contribution in [0.1, 0.15) is 61.8 Å². The van der Waals surface area contributed by atoms with E-state index in [0.717, 1.165) is 31.3 Å². The highest BCUT2D eigenvalue weighted by Crippen LogP contribution is 2.43. The predicted octanol–water partition coefficient (Wildman–Crippen LogP) is 4.85. The number of hydrogen-bond donors (Lipinski definition) is 0. The Morgan fingerprint density at radius 2 is 1.93 bits per heavy atom. The van der Waals surface area contributed by atoms with Gasteiger partial charge in [-0.1, -0.05) is 26.8 Å². The summed E-state index contributed by atoms with van der Waals surface area (Å²) in [6.45, 7) is 8.81. The van der Waals surface area contributed by atoms with Crippen LogP contribution in [0.25, 0.3) is 10.8 Å². The Bertz CT molecular complexity index is 976. The first-order valence-electron chi connectivity index (χ1n) is 9.55. The zero-order chi connectivity index (χ0) is 20.0. The molecule has 0 N–H and O–H groups in total. The first-order valence-corrected chi connectivity index (χ1v) is 11.4. The fraction of sp³-hybridized carbons (Fsp3) is 0.545. The number of ether oxygens (including phenoxy) is 1. The van der Waals surface area contributed by atoms with Gasteiger partial charge in [0.1, 0.15) is 5.75 Å². The van der Waals surface area contributed by atoms with Crippen molar-refractivity contribution in [2.24, 2.45) is 0 Å². The molecule has 0 aliphatic heterocycles. The third kappa shape index (κ3) is 3.85. The van der Waals surface area contributed by atoms with Gasteiger partial charge in [0.05, 0.1) is 20.0 Å². The van der Waals surface area contributed by atoms with Crippen LogP contribution in [0.5, 0.6) is 5.75 Å². The lowest BCUT2D eigenvalue weighted by Gasteiger charge is -2.37.